The van der Waals surface area contributed by atoms with E-state index in [0.717, 1.165) is 22.7 Å². The van der Waals surface area contributed by atoms with Gasteiger partial charge in [-0.3, -0.25) is 4.79 Å². The van der Waals surface area contributed by atoms with Crippen molar-refractivity contribution < 1.29 is 9.53 Å². The van der Waals surface area contributed by atoms with Crippen LogP contribution in [0.25, 0.3) is 0 Å². The van der Waals surface area contributed by atoms with Gasteiger partial charge < -0.3 is 15.8 Å². The van der Waals surface area contributed by atoms with E-state index in [1.54, 1.807) is 5.38 Å². The summed E-state index contributed by atoms with van der Waals surface area (Å²) in [6, 6.07) is 5.68. The number of amides is 1. The molecule has 0 aliphatic heterocycles. The number of hydrogen-bond acceptors (Lipinski definition) is 5. The highest BCUT2D eigenvalue weighted by molar-refractivity contribution is 7.09. The van der Waals surface area contributed by atoms with E-state index in [1.807, 2.05) is 25.1 Å². The van der Waals surface area contributed by atoms with Crippen LogP contribution < -0.4 is 15.8 Å². The summed E-state index contributed by atoms with van der Waals surface area (Å²) in [6.07, 6.45) is 1.69. The third kappa shape index (κ3) is 5.32. The number of anilines is 1. The standard InChI is InChI=1S/C18H25N3O2S/c1-12(2)7-9-23-16-10-14(5-4-13(16)3)20-18(22)15-11-24-17(21-15)6-8-19/h4-5,10-12H,6-9,19H2,1-3H3,(H,20,22). The van der Waals surface area contributed by atoms with E-state index in [-0.39, 0.29) is 5.91 Å². The van der Waals surface area contributed by atoms with Crippen LogP contribution in [0.4, 0.5) is 5.69 Å². The van der Waals surface area contributed by atoms with Crippen LogP contribution >= 0.6 is 11.3 Å². The molecule has 0 spiro atoms. The summed E-state index contributed by atoms with van der Waals surface area (Å²) in [5.41, 5.74) is 7.69. The number of hydrogen-bond donors (Lipinski definition) is 2. The first kappa shape index (κ1) is 18.4. The van der Waals surface area contributed by atoms with Gasteiger partial charge >= 0.3 is 0 Å². The van der Waals surface area contributed by atoms with Crippen molar-refractivity contribution in [2.24, 2.45) is 11.7 Å². The first-order chi connectivity index (χ1) is 11.5. The zero-order valence-electron chi connectivity index (χ0n) is 14.5. The van der Waals surface area contributed by atoms with E-state index in [1.165, 1.54) is 11.3 Å². The monoisotopic (exact) mass is 347 g/mol. The third-order valence-electron chi connectivity index (χ3n) is 3.54. The molecule has 0 fully saturated rings. The number of rotatable bonds is 8. The van der Waals surface area contributed by atoms with Crippen molar-refractivity contribution in [1.29, 1.82) is 0 Å². The van der Waals surface area contributed by atoms with Crippen LogP contribution in [-0.4, -0.2) is 24.0 Å². The minimum absolute atomic E-state index is 0.216. The summed E-state index contributed by atoms with van der Waals surface area (Å²) < 4.78 is 5.83. The lowest BCUT2D eigenvalue weighted by atomic mass is 10.1. The molecule has 0 aliphatic rings. The molecule has 0 aliphatic carbocycles. The number of carbonyl (C=O) groups is 1. The molecule has 0 saturated carbocycles. The van der Waals surface area contributed by atoms with E-state index in [2.05, 4.69) is 24.1 Å². The quantitative estimate of drug-likeness (QED) is 0.764. The van der Waals surface area contributed by atoms with E-state index in [0.29, 0.717) is 36.9 Å². The lowest BCUT2D eigenvalue weighted by molar-refractivity contribution is 0.102. The molecule has 3 N–H and O–H groups in total. The van der Waals surface area contributed by atoms with Crippen LogP contribution in [0.5, 0.6) is 5.75 Å². The van der Waals surface area contributed by atoms with Crippen molar-refractivity contribution >= 4 is 22.9 Å². The molecule has 2 rings (SSSR count). The molecule has 130 valence electrons. The number of carbonyl (C=O) groups excluding carboxylic acids is 1. The Morgan fingerprint density at radius 2 is 2.21 bits per heavy atom. The summed E-state index contributed by atoms with van der Waals surface area (Å²) in [4.78, 5) is 16.6. The SMILES string of the molecule is Cc1ccc(NC(=O)c2csc(CCN)n2)cc1OCCC(C)C. The topological polar surface area (TPSA) is 77.2 Å². The predicted octanol–water partition coefficient (Wildman–Crippen LogP) is 3.63. The number of benzene rings is 1. The second kappa shape index (κ2) is 8.80. The maximum atomic E-state index is 12.3. The summed E-state index contributed by atoms with van der Waals surface area (Å²) in [5.74, 6) is 1.18. The van der Waals surface area contributed by atoms with Crippen LogP contribution in [0.15, 0.2) is 23.6 Å². The lowest BCUT2D eigenvalue weighted by Gasteiger charge is -2.12. The van der Waals surface area contributed by atoms with Crippen LogP contribution in [0, 0.1) is 12.8 Å². The van der Waals surface area contributed by atoms with E-state index < -0.39 is 0 Å². The van der Waals surface area contributed by atoms with Gasteiger partial charge in [-0.05, 0) is 37.4 Å². The van der Waals surface area contributed by atoms with Gasteiger partial charge in [-0.2, -0.15) is 0 Å². The second-order valence-electron chi connectivity index (χ2n) is 6.13. The molecule has 5 nitrogen and oxygen atoms in total. The summed E-state index contributed by atoms with van der Waals surface area (Å²) in [5, 5.41) is 5.51. The molecule has 24 heavy (non-hydrogen) atoms. The average molecular weight is 347 g/mol. The number of nitrogens with zero attached hydrogens (tertiary/aromatic N) is 1. The Labute approximate surface area is 147 Å². The molecular formula is C18H25N3O2S. The summed E-state index contributed by atoms with van der Waals surface area (Å²) in [6.45, 7) is 7.53. The van der Waals surface area contributed by atoms with E-state index in [9.17, 15) is 4.79 Å². The molecule has 1 aromatic carbocycles. The molecular weight excluding hydrogens is 322 g/mol. The zero-order chi connectivity index (χ0) is 17.5. The minimum Gasteiger partial charge on any atom is -0.493 e. The summed E-state index contributed by atoms with van der Waals surface area (Å²) >= 11 is 1.46. The number of aromatic nitrogens is 1. The fourth-order valence-corrected chi connectivity index (χ4v) is 2.88. The number of thiazole rings is 1. The van der Waals surface area contributed by atoms with Gasteiger partial charge in [0.1, 0.15) is 11.4 Å². The van der Waals surface area contributed by atoms with Crippen LogP contribution in [0.2, 0.25) is 0 Å². The number of ether oxygens (including phenoxy) is 1. The molecule has 2 aromatic rings. The van der Waals surface area contributed by atoms with Gasteiger partial charge in [0.2, 0.25) is 0 Å². The molecule has 6 heteroatoms. The Balaban J connectivity index is 2.01. The molecule has 0 unspecified atom stereocenters. The smallest absolute Gasteiger partial charge is 0.275 e. The van der Waals surface area contributed by atoms with Crippen LogP contribution in [0.3, 0.4) is 0 Å². The number of aryl methyl sites for hydroxylation is 1. The fraction of sp³-hybridized carbons (Fsp3) is 0.444. The largest absolute Gasteiger partial charge is 0.493 e. The van der Waals surface area contributed by atoms with Crippen LogP contribution in [-0.2, 0) is 6.42 Å². The molecule has 0 radical (unpaired) electrons. The molecule has 0 bridgehead atoms. The Bertz CT molecular complexity index is 683. The molecule has 0 atom stereocenters. The first-order valence-electron chi connectivity index (χ1n) is 8.19. The van der Waals surface area contributed by atoms with Crippen LogP contribution in [0.1, 0.15) is 41.3 Å². The number of nitrogens with two attached hydrogens (primary N) is 1. The minimum atomic E-state index is -0.216. The fourth-order valence-electron chi connectivity index (χ4n) is 2.09. The molecule has 1 amide bonds. The highest BCUT2D eigenvalue weighted by Gasteiger charge is 2.12. The average Bonchev–Trinajstić information content (AvgIpc) is 2.99. The van der Waals surface area contributed by atoms with Crippen molar-refractivity contribution in [3.8, 4) is 5.75 Å². The van der Waals surface area contributed by atoms with Crippen molar-refractivity contribution in [3.63, 3.8) is 0 Å². The second-order valence-corrected chi connectivity index (χ2v) is 7.07. The van der Waals surface area contributed by atoms with Gasteiger partial charge in [-0.25, -0.2) is 4.98 Å². The Kier molecular flexibility index (Phi) is 6.75. The maximum absolute atomic E-state index is 12.3. The molecule has 0 saturated heterocycles. The van der Waals surface area contributed by atoms with Gasteiger partial charge in [0.05, 0.1) is 11.6 Å². The first-order valence-corrected chi connectivity index (χ1v) is 9.07. The predicted molar refractivity (Wildman–Crippen MR) is 99.0 cm³/mol. The van der Waals surface area contributed by atoms with Gasteiger partial charge in [0.25, 0.3) is 5.91 Å². The van der Waals surface area contributed by atoms with Gasteiger partial charge in [-0.15, -0.1) is 11.3 Å². The van der Waals surface area contributed by atoms with Gasteiger partial charge in [0, 0.05) is 23.6 Å². The Hall–Kier alpha value is -1.92. The Morgan fingerprint density at radius 3 is 2.92 bits per heavy atom. The van der Waals surface area contributed by atoms with Crippen molar-refractivity contribution in [3.05, 3.63) is 39.8 Å². The third-order valence-corrected chi connectivity index (χ3v) is 4.45. The number of nitrogens with one attached hydrogen (secondary N) is 1. The van der Waals surface area contributed by atoms with E-state index >= 15 is 0 Å². The lowest BCUT2D eigenvalue weighted by Crippen LogP contribution is -2.13. The highest BCUT2D eigenvalue weighted by atomic mass is 32.1. The normalized spacial score (nSPS) is 10.9. The molecule has 1 aromatic heterocycles. The zero-order valence-corrected chi connectivity index (χ0v) is 15.3. The van der Waals surface area contributed by atoms with Gasteiger partial charge in [-0.1, -0.05) is 19.9 Å². The van der Waals surface area contributed by atoms with E-state index in [4.69, 9.17) is 10.5 Å². The van der Waals surface area contributed by atoms with Gasteiger partial charge in [0.15, 0.2) is 0 Å². The highest BCUT2D eigenvalue weighted by Crippen LogP contribution is 2.24. The molecule has 1 heterocycles. The Morgan fingerprint density at radius 1 is 1.42 bits per heavy atom. The van der Waals surface area contributed by atoms with Crippen molar-refractivity contribution in [2.75, 3.05) is 18.5 Å². The van der Waals surface area contributed by atoms with Crippen molar-refractivity contribution in [2.45, 2.75) is 33.6 Å². The van der Waals surface area contributed by atoms with Crippen molar-refractivity contribution in [1.82, 2.24) is 4.98 Å². The maximum Gasteiger partial charge on any atom is 0.275 e. The summed E-state index contributed by atoms with van der Waals surface area (Å²) in [7, 11) is 0.